The van der Waals surface area contributed by atoms with Crippen molar-refractivity contribution < 1.29 is 8.98 Å². The first-order chi connectivity index (χ1) is 11.5. The minimum Gasteiger partial charge on any atom is -0.441 e. The maximum atomic E-state index is 6.17. The van der Waals surface area contributed by atoms with Crippen molar-refractivity contribution in [3.63, 3.8) is 0 Å². The molecule has 120 valence electrons. The monoisotopic (exact) mass is 317 g/mol. The molecule has 1 aromatic carbocycles. The van der Waals surface area contributed by atoms with Gasteiger partial charge in [0.2, 0.25) is 0 Å². The summed E-state index contributed by atoms with van der Waals surface area (Å²) < 4.78 is 8.40. The van der Waals surface area contributed by atoms with E-state index < -0.39 is 0 Å². The molecule has 0 saturated heterocycles. The van der Waals surface area contributed by atoms with Crippen LogP contribution in [0.5, 0.6) is 0 Å². The van der Waals surface area contributed by atoms with E-state index >= 15 is 0 Å². The fourth-order valence-electron chi connectivity index (χ4n) is 3.79. The number of allylic oxidation sites excluding steroid dienone is 1. The number of benzene rings is 1. The van der Waals surface area contributed by atoms with Gasteiger partial charge in [-0.2, -0.15) is 0 Å². The molecule has 0 saturated carbocycles. The summed E-state index contributed by atoms with van der Waals surface area (Å²) in [5.74, 6) is 0.949. The molecule has 3 aromatic rings. The summed E-state index contributed by atoms with van der Waals surface area (Å²) in [6.07, 6.45) is 4.49. The first-order valence-electron chi connectivity index (χ1n) is 8.36. The van der Waals surface area contributed by atoms with Crippen LogP contribution < -0.4 is 15.0 Å². The number of aromatic nitrogens is 1. The summed E-state index contributed by atoms with van der Waals surface area (Å²) in [4.78, 5) is 2.26. The van der Waals surface area contributed by atoms with E-state index in [1.165, 1.54) is 33.1 Å². The van der Waals surface area contributed by atoms with Crippen LogP contribution in [0.2, 0.25) is 0 Å². The number of para-hydroxylation sites is 1. The van der Waals surface area contributed by atoms with Crippen LogP contribution in [0, 0.1) is 13.8 Å². The lowest BCUT2D eigenvalue weighted by Gasteiger charge is -2.28. The van der Waals surface area contributed by atoms with Crippen LogP contribution in [0.25, 0.3) is 17.0 Å². The van der Waals surface area contributed by atoms with Gasteiger partial charge in [-0.15, -0.1) is 0 Å². The number of aryl methyl sites for hydroxylation is 3. The molecule has 0 spiro atoms. The van der Waals surface area contributed by atoms with Crippen LogP contribution in [0.15, 0.2) is 46.4 Å². The number of rotatable bonds is 1. The highest BCUT2D eigenvalue weighted by Gasteiger charge is 2.39. The number of anilines is 1. The molecule has 1 aliphatic rings. The normalized spacial score (nSPS) is 14.1. The first kappa shape index (κ1) is 15.1. The molecule has 24 heavy (non-hydrogen) atoms. The predicted octanol–water partition coefficient (Wildman–Crippen LogP) is 3.17. The number of nitrogens with zero attached hydrogens (tertiary/aromatic N) is 2. The molecule has 0 aliphatic carbocycles. The lowest BCUT2D eigenvalue weighted by Crippen LogP contribution is -2.62. The van der Waals surface area contributed by atoms with Gasteiger partial charge in [-0.25, -0.2) is 4.57 Å². The highest BCUT2D eigenvalue weighted by Crippen LogP contribution is 2.37. The molecule has 0 unspecified atom stereocenters. The van der Waals surface area contributed by atoms with Gasteiger partial charge in [0.25, 0.3) is 0 Å². The van der Waals surface area contributed by atoms with Gasteiger partial charge in [-0.3, -0.25) is 0 Å². The number of hydrogen-bond donors (Lipinski definition) is 0. The largest absolute Gasteiger partial charge is 0.441 e. The van der Waals surface area contributed by atoms with Crippen molar-refractivity contribution in [1.29, 1.82) is 0 Å². The zero-order valence-corrected chi connectivity index (χ0v) is 14.9. The molecule has 3 heterocycles. The van der Waals surface area contributed by atoms with E-state index in [4.69, 9.17) is 4.42 Å². The van der Waals surface area contributed by atoms with E-state index in [0.29, 0.717) is 0 Å². The lowest BCUT2D eigenvalue weighted by molar-refractivity contribution is -0.654. The Labute approximate surface area is 143 Å². The Morgan fingerprint density at radius 3 is 2.62 bits per heavy atom. The Hall–Kier alpha value is -2.49. The van der Waals surface area contributed by atoms with E-state index in [2.05, 4.69) is 74.7 Å². The number of hydrogen-bond acceptors (Lipinski definition) is 2. The Bertz CT molecular complexity index is 987. The summed E-state index contributed by atoms with van der Waals surface area (Å²) in [6, 6.07) is 10.5. The third-order valence-electron chi connectivity index (χ3n) is 5.19. The molecule has 0 fully saturated rings. The molecule has 4 rings (SSSR count). The smallest absolute Gasteiger partial charge is 0.401 e. The third kappa shape index (κ3) is 2.09. The van der Waals surface area contributed by atoms with Crippen LogP contribution in [-0.2, 0) is 7.05 Å². The SMILES string of the molecule is CC1=Cc2c(oc3ccccc23)N(C)B1c1cc(C)c(C)c[n+]1C. The van der Waals surface area contributed by atoms with Gasteiger partial charge in [0.15, 0.2) is 17.7 Å². The van der Waals surface area contributed by atoms with Crippen molar-refractivity contribution in [2.24, 2.45) is 7.05 Å². The zero-order chi connectivity index (χ0) is 17.0. The van der Waals surface area contributed by atoms with E-state index in [-0.39, 0.29) is 6.85 Å². The third-order valence-corrected chi connectivity index (χ3v) is 5.19. The lowest BCUT2D eigenvalue weighted by atomic mass is 9.49. The summed E-state index contributed by atoms with van der Waals surface area (Å²) in [6.45, 7) is 6.72. The summed E-state index contributed by atoms with van der Waals surface area (Å²) in [7, 11) is 4.24. The van der Waals surface area contributed by atoms with Crippen molar-refractivity contribution in [1.82, 2.24) is 0 Å². The average Bonchev–Trinajstić information content (AvgIpc) is 2.91. The van der Waals surface area contributed by atoms with Gasteiger partial charge in [0.05, 0.1) is 0 Å². The molecule has 1 aliphatic heterocycles. The number of pyridine rings is 1. The minimum absolute atomic E-state index is 0.183. The molecule has 0 bridgehead atoms. The zero-order valence-electron chi connectivity index (χ0n) is 14.9. The molecule has 2 aromatic heterocycles. The van der Waals surface area contributed by atoms with Crippen LogP contribution >= 0.6 is 0 Å². The topological polar surface area (TPSA) is 20.3 Å². The van der Waals surface area contributed by atoms with E-state index in [1.54, 1.807) is 0 Å². The number of furan rings is 1. The molecular weight excluding hydrogens is 295 g/mol. The predicted molar refractivity (Wildman–Crippen MR) is 101 cm³/mol. The van der Waals surface area contributed by atoms with Gasteiger partial charge in [-0.05, 0) is 39.4 Å². The van der Waals surface area contributed by atoms with Gasteiger partial charge in [-0.1, -0.05) is 29.7 Å². The fourth-order valence-corrected chi connectivity index (χ4v) is 3.79. The first-order valence-corrected chi connectivity index (χ1v) is 8.36. The van der Waals surface area contributed by atoms with E-state index in [9.17, 15) is 0 Å². The van der Waals surface area contributed by atoms with Crippen molar-refractivity contribution in [2.45, 2.75) is 20.8 Å². The highest BCUT2D eigenvalue weighted by atomic mass is 16.4. The summed E-state index contributed by atoms with van der Waals surface area (Å²) >= 11 is 0. The summed E-state index contributed by atoms with van der Waals surface area (Å²) in [5, 5.41) is 1.18. The maximum absolute atomic E-state index is 6.17. The standard InChI is InChI=1S/C20H22BN2O/c1-13-10-19(22(4)12-14(13)2)21-15(3)11-17-16-8-6-7-9-18(16)24-20(17)23(21)5/h6-12H,1-5H3/q+1. The van der Waals surface area contributed by atoms with Crippen molar-refractivity contribution in [3.8, 4) is 0 Å². The highest BCUT2D eigenvalue weighted by molar-refractivity contribution is 6.82. The van der Waals surface area contributed by atoms with Gasteiger partial charge < -0.3 is 9.23 Å². The Morgan fingerprint density at radius 1 is 1.08 bits per heavy atom. The van der Waals surface area contributed by atoms with Crippen LogP contribution in [0.1, 0.15) is 23.6 Å². The van der Waals surface area contributed by atoms with Crippen molar-refractivity contribution in [3.05, 3.63) is 58.7 Å². The molecule has 0 atom stereocenters. The maximum Gasteiger partial charge on any atom is 0.401 e. The molecule has 0 amide bonds. The van der Waals surface area contributed by atoms with E-state index in [0.717, 1.165) is 11.5 Å². The Balaban J connectivity index is 1.90. The van der Waals surface area contributed by atoms with Crippen molar-refractivity contribution >= 4 is 35.4 Å². The second-order valence-electron chi connectivity index (χ2n) is 6.89. The van der Waals surface area contributed by atoms with Crippen LogP contribution in [0.4, 0.5) is 5.88 Å². The fraction of sp³-hybridized carbons (Fsp3) is 0.250. The molecule has 4 heteroatoms. The molecule has 3 nitrogen and oxygen atoms in total. The van der Waals surface area contributed by atoms with Crippen molar-refractivity contribution in [2.75, 3.05) is 11.9 Å². The molecule has 0 radical (unpaired) electrons. The van der Waals surface area contributed by atoms with Gasteiger partial charge in [0, 0.05) is 22.6 Å². The second-order valence-corrected chi connectivity index (χ2v) is 6.89. The Kier molecular flexibility index (Phi) is 3.31. The molecule has 0 N–H and O–H groups in total. The van der Waals surface area contributed by atoms with Crippen LogP contribution in [-0.4, -0.2) is 13.9 Å². The quantitative estimate of drug-likeness (QED) is 0.507. The second kappa shape index (κ2) is 5.27. The number of fused-ring (bicyclic) bond motifs is 3. The minimum atomic E-state index is 0.183. The summed E-state index contributed by atoms with van der Waals surface area (Å²) in [5.41, 5.74) is 7.37. The van der Waals surface area contributed by atoms with Gasteiger partial charge in [0.1, 0.15) is 12.6 Å². The van der Waals surface area contributed by atoms with Crippen LogP contribution in [0.3, 0.4) is 0 Å². The Morgan fingerprint density at radius 2 is 1.83 bits per heavy atom. The van der Waals surface area contributed by atoms with Gasteiger partial charge >= 0.3 is 6.85 Å². The molecular formula is C20H22BN2O+. The van der Waals surface area contributed by atoms with E-state index in [1.807, 2.05) is 12.1 Å². The average molecular weight is 317 g/mol.